The number of nitrogens with one attached hydrogen (secondary N) is 1. The molecule has 106 valence electrons. The Kier molecular flexibility index (Phi) is 3.93. The molecule has 3 aromatic rings. The zero-order chi connectivity index (χ0) is 14.8. The van der Waals surface area contributed by atoms with Crippen LogP contribution in [-0.4, -0.2) is 4.98 Å². The molecule has 1 heterocycles. The van der Waals surface area contributed by atoms with Gasteiger partial charge in [0, 0.05) is 15.9 Å². The second-order valence-electron chi connectivity index (χ2n) is 5.27. The van der Waals surface area contributed by atoms with Crippen molar-refractivity contribution in [3.8, 4) is 0 Å². The molecule has 1 N–H and O–H groups in total. The average Bonchev–Trinajstić information content (AvgIpc) is 2.48. The number of aryl methyl sites for hydroxylation is 1. The number of nitrogens with zero attached hydrogens (tertiary/aromatic N) is 1. The molecule has 0 saturated heterocycles. The van der Waals surface area contributed by atoms with Crippen LogP contribution in [0.25, 0.3) is 10.9 Å². The first-order chi connectivity index (χ1) is 10.1. The number of halogens is 1. The zero-order valence-electron chi connectivity index (χ0n) is 12.1. The molecule has 0 fully saturated rings. The van der Waals surface area contributed by atoms with Gasteiger partial charge in [-0.3, -0.25) is 0 Å². The van der Waals surface area contributed by atoms with E-state index in [9.17, 15) is 0 Å². The summed E-state index contributed by atoms with van der Waals surface area (Å²) in [5, 5.41) is 4.69. The van der Waals surface area contributed by atoms with Gasteiger partial charge in [-0.25, -0.2) is 4.98 Å². The fourth-order valence-electron chi connectivity index (χ4n) is 2.43. The maximum Gasteiger partial charge on any atom is 0.130 e. The van der Waals surface area contributed by atoms with E-state index in [1.54, 1.807) is 0 Å². The van der Waals surface area contributed by atoms with Crippen molar-refractivity contribution in [1.29, 1.82) is 0 Å². The van der Waals surface area contributed by atoms with Crippen LogP contribution in [0.2, 0.25) is 0 Å². The Hall–Kier alpha value is -1.87. The van der Waals surface area contributed by atoms with Crippen molar-refractivity contribution in [2.75, 3.05) is 5.32 Å². The number of anilines is 1. The third-order valence-electron chi connectivity index (χ3n) is 3.62. The molecule has 0 aliphatic carbocycles. The number of hydrogen-bond donors (Lipinski definition) is 1. The predicted molar refractivity (Wildman–Crippen MR) is 92.7 cm³/mol. The first-order valence-electron chi connectivity index (χ1n) is 7.02. The summed E-state index contributed by atoms with van der Waals surface area (Å²) in [6, 6.07) is 18.9. The van der Waals surface area contributed by atoms with E-state index >= 15 is 0 Å². The molecule has 2 aromatic carbocycles. The van der Waals surface area contributed by atoms with Crippen LogP contribution in [-0.2, 0) is 0 Å². The SMILES string of the molecule is Cc1cc2ccccc2nc1NC(C)c1cccc(Br)c1. The van der Waals surface area contributed by atoms with Gasteiger partial charge in [-0.2, -0.15) is 0 Å². The summed E-state index contributed by atoms with van der Waals surface area (Å²) in [4.78, 5) is 4.74. The highest BCUT2D eigenvalue weighted by Gasteiger charge is 2.09. The fourth-order valence-corrected chi connectivity index (χ4v) is 2.85. The number of para-hydroxylation sites is 1. The highest BCUT2D eigenvalue weighted by Crippen LogP contribution is 2.25. The van der Waals surface area contributed by atoms with Crippen LogP contribution < -0.4 is 5.32 Å². The number of rotatable bonds is 3. The van der Waals surface area contributed by atoms with Gasteiger partial charge in [-0.15, -0.1) is 0 Å². The summed E-state index contributed by atoms with van der Waals surface area (Å²) in [6.45, 7) is 4.24. The van der Waals surface area contributed by atoms with E-state index in [0.717, 1.165) is 21.4 Å². The normalized spacial score (nSPS) is 12.3. The molecular formula is C18H17BrN2. The van der Waals surface area contributed by atoms with E-state index < -0.39 is 0 Å². The van der Waals surface area contributed by atoms with Crippen molar-refractivity contribution in [2.45, 2.75) is 19.9 Å². The van der Waals surface area contributed by atoms with Gasteiger partial charge in [0.25, 0.3) is 0 Å². The lowest BCUT2D eigenvalue weighted by molar-refractivity contribution is 0.873. The van der Waals surface area contributed by atoms with Crippen LogP contribution in [0.4, 0.5) is 5.82 Å². The molecule has 0 aliphatic rings. The van der Waals surface area contributed by atoms with Gasteiger partial charge in [0.15, 0.2) is 0 Å². The van der Waals surface area contributed by atoms with Crippen LogP contribution in [0.5, 0.6) is 0 Å². The summed E-state index contributed by atoms with van der Waals surface area (Å²) in [6.07, 6.45) is 0. The lowest BCUT2D eigenvalue weighted by Gasteiger charge is -2.17. The number of fused-ring (bicyclic) bond motifs is 1. The molecule has 3 rings (SSSR count). The van der Waals surface area contributed by atoms with Crippen LogP contribution in [0, 0.1) is 6.92 Å². The Morgan fingerprint density at radius 3 is 2.67 bits per heavy atom. The summed E-state index contributed by atoms with van der Waals surface area (Å²) in [5.74, 6) is 0.946. The van der Waals surface area contributed by atoms with Crippen LogP contribution in [0.3, 0.4) is 0 Å². The smallest absolute Gasteiger partial charge is 0.130 e. The minimum atomic E-state index is 0.204. The first kappa shape index (κ1) is 14.1. The van der Waals surface area contributed by atoms with E-state index in [-0.39, 0.29) is 6.04 Å². The van der Waals surface area contributed by atoms with Gasteiger partial charge in [-0.05, 0) is 49.2 Å². The average molecular weight is 341 g/mol. The molecule has 0 saturated carbocycles. The van der Waals surface area contributed by atoms with Gasteiger partial charge >= 0.3 is 0 Å². The molecule has 1 atom stereocenters. The van der Waals surface area contributed by atoms with Gasteiger partial charge in [0.2, 0.25) is 0 Å². The van der Waals surface area contributed by atoms with Gasteiger partial charge < -0.3 is 5.32 Å². The van der Waals surface area contributed by atoms with Crippen molar-refractivity contribution in [1.82, 2.24) is 4.98 Å². The Morgan fingerprint density at radius 1 is 1.05 bits per heavy atom. The van der Waals surface area contributed by atoms with E-state index in [2.05, 4.69) is 65.4 Å². The highest BCUT2D eigenvalue weighted by atomic mass is 79.9. The fraction of sp³-hybridized carbons (Fsp3) is 0.167. The van der Waals surface area contributed by atoms with Crippen LogP contribution in [0.1, 0.15) is 24.1 Å². The Balaban J connectivity index is 1.92. The summed E-state index contributed by atoms with van der Waals surface area (Å²) in [5.41, 5.74) is 3.42. The Bertz CT molecular complexity index is 783. The standard InChI is InChI=1S/C18H17BrN2/c1-12-10-15-6-3-4-9-17(15)21-18(12)20-13(2)14-7-5-8-16(19)11-14/h3-11,13H,1-2H3,(H,20,21). The number of hydrogen-bond acceptors (Lipinski definition) is 2. The maximum absolute atomic E-state index is 4.74. The van der Waals surface area contributed by atoms with E-state index in [4.69, 9.17) is 4.98 Å². The lowest BCUT2D eigenvalue weighted by atomic mass is 10.1. The summed E-state index contributed by atoms with van der Waals surface area (Å²) < 4.78 is 1.09. The van der Waals surface area contributed by atoms with Gasteiger partial charge in [0.05, 0.1) is 5.52 Å². The molecule has 1 unspecified atom stereocenters. The topological polar surface area (TPSA) is 24.9 Å². The first-order valence-corrected chi connectivity index (χ1v) is 7.81. The minimum Gasteiger partial charge on any atom is -0.363 e. The molecule has 1 aromatic heterocycles. The van der Waals surface area contributed by atoms with Gasteiger partial charge in [0.1, 0.15) is 5.82 Å². The monoisotopic (exact) mass is 340 g/mol. The molecular weight excluding hydrogens is 324 g/mol. The zero-order valence-corrected chi connectivity index (χ0v) is 13.7. The summed E-state index contributed by atoms with van der Waals surface area (Å²) in [7, 11) is 0. The number of benzene rings is 2. The lowest BCUT2D eigenvalue weighted by Crippen LogP contribution is -2.09. The van der Waals surface area contributed by atoms with Crippen LogP contribution in [0.15, 0.2) is 59.1 Å². The van der Waals surface area contributed by atoms with E-state index in [1.165, 1.54) is 10.9 Å². The van der Waals surface area contributed by atoms with Crippen molar-refractivity contribution >= 4 is 32.7 Å². The third-order valence-corrected chi connectivity index (χ3v) is 4.11. The highest BCUT2D eigenvalue weighted by molar-refractivity contribution is 9.10. The quantitative estimate of drug-likeness (QED) is 0.682. The van der Waals surface area contributed by atoms with Crippen molar-refractivity contribution in [2.24, 2.45) is 0 Å². The van der Waals surface area contributed by atoms with Gasteiger partial charge in [-0.1, -0.05) is 46.3 Å². The molecule has 2 nitrogen and oxygen atoms in total. The van der Waals surface area contributed by atoms with Crippen LogP contribution >= 0.6 is 15.9 Å². The molecule has 0 bridgehead atoms. The largest absolute Gasteiger partial charge is 0.363 e. The molecule has 0 aliphatic heterocycles. The number of aromatic nitrogens is 1. The second-order valence-corrected chi connectivity index (χ2v) is 6.18. The van der Waals surface area contributed by atoms with Crippen molar-refractivity contribution < 1.29 is 0 Å². The minimum absolute atomic E-state index is 0.204. The Labute approximate surface area is 133 Å². The van der Waals surface area contributed by atoms with E-state index in [0.29, 0.717) is 0 Å². The Morgan fingerprint density at radius 2 is 1.86 bits per heavy atom. The molecule has 21 heavy (non-hydrogen) atoms. The second kappa shape index (κ2) is 5.86. The molecule has 0 radical (unpaired) electrons. The molecule has 0 amide bonds. The maximum atomic E-state index is 4.74. The number of pyridine rings is 1. The molecule has 0 spiro atoms. The molecule has 3 heteroatoms. The third kappa shape index (κ3) is 3.08. The van der Waals surface area contributed by atoms with Crippen molar-refractivity contribution in [3.63, 3.8) is 0 Å². The van der Waals surface area contributed by atoms with E-state index in [1.807, 2.05) is 24.3 Å². The summed E-state index contributed by atoms with van der Waals surface area (Å²) >= 11 is 3.52. The van der Waals surface area contributed by atoms with Crippen molar-refractivity contribution in [3.05, 3.63) is 70.2 Å². The predicted octanol–water partition coefficient (Wildman–Crippen LogP) is 5.48.